The minimum absolute atomic E-state index is 0.0433. The second kappa shape index (κ2) is 12.4. The number of nitrogens with zero attached hydrogens (tertiary/aromatic N) is 7. The maximum atomic E-state index is 13.5. The van der Waals surface area contributed by atoms with Crippen molar-refractivity contribution in [3.05, 3.63) is 72.3 Å². The number of piperazine rings is 1. The highest BCUT2D eigenvalue weighted by Crippen LogP contribution is 2.31. The number of pyridine rings is 1. The molecule has 44 heavy (non-hydrogen) atoms. The number of amides is 1. The third-order valence-electron chi connectivity index (χ3n) is 7.29. The summed E-state index contributed by atoms with van der Waals surface area (Å²) < 4.78 is 33.6. The van der Waals surface area contributed by atoms with Gasteiger partial charge in [0.1, 0.15) is 17.9 Å². The smallest absolute Gasteiger partial charge is 0.279 e. The Morgan fingerprint density at radius 2 is 1.93 bits per heavy atom. The van der Waals surface area contributed by atoms with Crippen LogP contribution in [0, 0.1) is 13.8 Å². The van der Waals surface area contributed by atoms with E-state index in [4.69, 9.17) is 4.52 Å². The average molecular weight is 634 g/mol. The number of fused-ring (bicyclic) bond motifs is 1. The van der Waals surface area contributed by atoms with Crippen molar-refractivity contribution in [3.63, 3.8) is 0 Å². The number of anilines is 2. The van der Waals surface area contributed by atoms with Gasteiger partial charge in [0.15, 0.2) is 15.0 Å². The molecule has 0 bridgehead atoms. The second-order valence-corrected chi connectivity index (χ2v) is 13.7. The van der Waals surface area contributed by atoms with Gasteiger partial charge in [0.2, 0.25) is 0 Å². The van der Waals surface area contributed by atoms with Gasteiger partial charge >= 0.3 is 0 Å². The van der Waals surface area contributed by atoms with Crippen LogP contribution in [0.2, 0.25) is 0 Å². The third-order valence-corrected chi connectivity index (χ3v) is 10.9. The highest BCUT2D eigenvalue weighted by Gasteiger charge is 2.32. The van der Waals surface area contributed by atoms with Gasteiger partial charge in [-0.3, -0.25) is 20.0 Å². The van der Waals surface area contributed by atoms with E-state index in [-0.39, 0.29) is 21.1 Å². The zero-order chi connectivity index (χ0) is 30.8. The van der Waals surface area contributed by atoms with Gasteiger partial charge in [-0.25, -0.2) is 23.4 Å². The lowest BCUT2D eigenvalue weighted by atomic mass is 10.0. The summed E-state index contributed by atoms with van der Waals surface area (Å²) in [5, 5.41) is 10.9. The molecule has 0 spiro atoms. The van der Waals surface area contributed by atoms with Gasteiger partial charge < -0.3 is 9.84 Å². The number of hydrogen-bond donors (Lipinski definition) is 2. The van der Waals surface area contributed by atoms with Crippen molar-refractivity contribution in [2.75, 3.05) is 43.4 Å². The Kier molecular flexibility index (Phi) is 8.35. The number of carbonyl (C=O) groups is 1. The molecule has 1 fully saturated rings. The number of para-hydroxylation sites is 1. The first-order valence-electron chi connectivity index (χ1n) is 14.0. The molecule has 1 amide bonds. The van der Waals surface area contributed by atoms with Crippen LogP contribution in [0.1, 0.15) is 28.9 Å². The quantitative estimate of drug-likeness (QED) is 0.243. The van der Waals surface area contributed by atoms with E-state index in [1.807, 2.05) is 36.5 Å². The molecule has 1 saturated heterocycles. The molecule has 0 saturated carbocycles. The van der Waals surface area contributed by atoms with Gasteiger partial charge in [-0.1, -0.05) is 34.7 Å². The maximum absolute atomic E-state index is 13.5. The van der Waals surface area contributed by atoms with Gasteiger partial charge in [-0.15, -0.1) is 0 Å². The minimum atomic E-state index is -3.78. The van der Waals surface area contributed by atoms with Gasteiger partial charge in [0.25, 0.3) is 15.9 Å². The highest BCUT2D eigenvalue weighted by atomic mass is 32.2. The molecule has 0 radical (unpaired) electrons. The van der Waals surface area contributed by atoms with Crippen LogP contribution in [0.5, 0.6) is 0 Å². The first-order valence-corrected chi connectivity index (χ1v) is 16.3. The van der Waals surface area contributed by atoms with Crippen molar-refractivity contribution in [1.29, 1.82) is 0 Å². The molecule has 1 aliphatic rings. The number of aromatic nitrogens is 5. The predicted molar refractivity (Wildman–Crippen MR) is 167 cm³/mol. The molecule has 15 heteroatoms. The largest absolute Gasteiger partial charge is 0.366 e. The summed E-state index contributed by atoms with van der Waals surface area (Å²) in [6.07, 6.45) is 5.13. The Morgan fingerprint density at radius 3 is 2.66 bits per heavy atom. The lowest BCUT2D eigenvalue weighted by Gasteiger charge is -2.35. The van der Waals surface area contributed by atoms with E-state index in [9.17, 15) is 13.2 Å². The topological polar surface area (TPSA) is 159 Å². The monoisotopic (exact) mass is 633 g/mol. The van der Waals surface area contributed by atoms with E-state index in [0.717, 1.165) is 39.2 Å². The van der Waals surface area contributed by atoms with Crippen molar-refractivity contribution in [2.45, 2.75) is 31.0 Å². The van der Waals surface area contributed by atoms with E-state index in [1.54, 1.807) is 26.4 Å². The summed E-state index contributed by atoms with van der Waals surface area (Å²) in [6.45, 7) is 7.94. The fourth-order valence-corrected chi connectivity index (χ4v) is 8.17. The average Bonchev–Trinajstić information content (AvgIpc) is 3.63. The van der Waals surface area contributed by atoms with Crippen LogP contribution in [-0.4, -0.2) is 87.4 Å². The summed E-state index contributed by atoms with van der Waals surface area (Å²) in [5.41, 5.74) is 3.26. The summed E-state index contributed by atoms with van der Waals surface area (Å²) in [5.74, 6) is 0.729. The van der Waals surface area contributed by atoms with E-state index in [1.165, 1.54) is 10.4 Å². The molecule has 1 aromatic carbocycles. The summed E-state index contributed by atoms with van der Waals surface area (Å²) in [7, 11) is -3.78. The molecule has 6 rings (SSSR count). The lowest BCUT2D eigenvalue weighted by Crippen LogP contribution is -2.50. The number of thiazole rings is 1. The fourth-order valence-electron chi connectivity index (χ4n) is 5.20. The molecule has 0 unspecified atom stereocenters. The van der Waals surface area contributed by atoms with E-state index < -0.39 is 15.9 Å². The minimum Gasteiger partial charge on any atom is -0.366 e. The molecule has 2 N–H and O–H groups in total. The van der Waals surface area contributed by atoms with Crippen molar-refractivity contribution in [1.82, 2.24) is 34.3 Å². The first-order chi connectivity index (χ1) is 21.2. The number of sulfonamides is 1. The van der Waals surface area contributed by atoms with Crippen molar-refractivity contribution in [2.24, 2.45) is 0 Å². The number of carbonyl (C=O) groups excluding carboxylic acids is 1. The van der Waals surface area contributed by atoms with E-state index in [2.05, 4.69) is 47.5 Å². The van der Waals surface area contributed by atoms with Gasteiger partial charge in [0, 0.05) is 73.7 Å². The molecule has 0 aliphatic carbocycles. The SMILES string of the molecule is Cc1cc(C(=O)Nc2nc(C)c(S(=O)(=O)N3CCN(C[C@H](C)Nc4ncnc5c(-c6cccnc6)cccc45)CC3)s2)no1. The predicted octanol–water partition coefficient (Wildman–Crippen LogP) is 3.81. The molecule has 4 aromatic heterocycles. The number of rotatable bonds is 9. The van der Waals surface area contributed by atoms with Gasteiger partial charge in [-0.05, 0) is 32.9 Å². The first kappa shape index (κ1) is 29.7. The Bertz CT molecular complexity index is 1900. The summed E-state index contributed by atoms with van der Waals surface area (Å²) in [4.78, 5) is 32.2. The van der Waals surface area contributed by atoms with E-state index >= 15 is 0 Å². The third kappa shape index (κ3) is 6.17. The summed E-state index contributed by atoms with van der Waals surface area (Å²) >= 11 is 0.933. The zero-order valence-corrected chi connectivity index (χ0v) is 26.0. The fraction of sp³-hybridized carbons (Fsp3) is 0.310. The van der Waals surface area contributed by atoms with Crippen LogP contribution in [0.3, 0.4) is 0 Å². The normalized spacial score (nSPS) is 15.3. The van der Waals surface area contributed by atoms with Crippen LogP contribution >= 0.6 is 11.3 Å². The molecule has 1 aliphatic heterocycles. The Hall–Kier alpha value is -4.31. The Morgan fingerprint density at radius 1 is 1.11 bits per heavy atom. The van der Waals surface area contributed by atoms with Crippen LogP contribution in [0.25, 0.3) is 22.0 Å². The molecular formula is C29H31N9O4S2. The van der Waals surface area contributed by atoms with Crippen molar-refractivity contribution in [3.8, 4) is 11.1 Å². The zero-order valence-electron chi connectivity index (χ0n) is 24.4. The molecule has 13 nitrogen and oxygen atoms in total. The second-order valence-electron chi connectivity index (χ2n) is 10.6. The molecule has 1 atom stereocenters. The standard InChI is InChI=1S/C29H31N9O4S2/c1-18(33-26-23-8-4-7-22(25(23)31-17-32-26)21-6-5-9-30-15-21)16-37-10-12-38(13-11-37)44(40,41)28-20(3)34-29(43-28)35-27(39)24-14-19(2)42-36-24/h4-9,14-15,17-18H,10-13,16H2,1-3H3,(H,31,32,33)(H,34,35,39)/t18-/m0/s1. The van der Waals surface area contributed by atoms with Crippen molar-refractivity contribution < 1.29 is 17.7 Å². The lowest BCUT2D eigenvalue weighted by molar-refractivity contribution is 0.101. The summed E-state index contributed by atoms with van der Waals surface area (Å²) in [6, 6.07) is 11.5. The number of aryl methyl sites for hydroxylation is 2. The maximum Gasteiger partial charge on any atom is 0.279 e. The highest BCUT2D eigenvalue weighted by molar-refractivity contribution is 7.91. The molecule has 5 heterocycles. The van der Waals surface area contributed by atoms with Gasteiger partial charge in [-0.2, -0.15) is 4.31 Å². The number of nitrogens with one attached hydrogen (secondary N) is 2. The van der Waals surface area contributed by atoms with Crippen LogP contribution in [0.4, 0.5) is 10.9 Å². The van der Waals surface area contributed by atoms with Crippen LogP contribution < -0.4 is 10.6 Å². The molecule has 228 valence electrons. The van der Waals surface area contributed by atoms with Crippen molar-refractivity contribution >= 4 is 49.1 Å². The van der Waals surface area contributed by atoms with Gasteiger partial charge in [0.05, 0.1) is 11.2 Å². The number of benzene rings is 1. The number of hydrogen-bond acceptors (Lipinski definition) is 12. The van der Waals surface area contributed by atoms with E-state index in [0.29, 0.717) is 44.2 Å². The van der Waals surface area contributed by atoms with Crippen LogP contribution in [0.15, 0.2) is 63.9 Å². The molecule has 5 aromatic rings. The van der Waals surface area contributed by atoms with Crippen LogP contribution in [-0.2, 0) is 10.0 Å². The Labute approximate surface area is 258 Å². The Balaban J connectivity index is 1.07. The molecular weight excluding hydrogens is 603 g/mol.